The van der Waals surface area contributed by atoms with Crippen LogP contribution in [-0.2, 0) is 9.53 Å². The molecule has 9 heteroatoms. The predicted octanol–water partition coefficient (Wildman–Crippen LogP) is 1.01. The topological polar surface area (TPSA) is 111 Å². The molecule has 0 aliphatic rings. The Balaban J connectivity index is 1.80. The highest BCUT2D eigenvalue weighted by Gasteiger charge is 2.15. The number of ether oxygens (including phenoxy) is 1. The lowest BCUT2D eigenvalue weighted by molar-refractivity contribution is -0.125. The molecule has 0 atom stereocenters. The summed E-state index contributed by atoms with van der Waals surface area (Å²) >= 11 is 1.29. The molecule has 0 bridgehead atoms. The summed E-state index contributed by atoms with van der Waals surface area (Å²) in [5, 5.41) is 0.504. The molecule has 2 N–H and O–H groups in total. The summed E-state index contributed by atoms with van der Waals surface area (Å²) < 4.78 is 9.73. The fourth-order valence-electron chi connectivity index (χ4n) is 1.55. The monoisotopic (exact) mass is 335 g/mol. The lowest BCUT2D eigenvalue weighted by Gasteiger charge is -2.08. The number of hydrogen-bond donors (Lipinski definition) is 2. The van der Waals surface area contributed by atoms with Crippen LogP contribution in [0.25, 0.3) is 0 Å². The molecule has 0 aliphatic carbocycles. The van der Waals surface area contributed by atoms with E-state index in [4.69, 9.17) is 9.15 Å². The van der Waals surface area contributed by atoms with Gasteiger partial charge in [0, 0.05) is 6.20 Å². The standard InChI is InChI=1S/C14H13N3O5S/c1-23-13-9(4-2-6-15-13)14(20)22-8-11(18)16-17-12(19)10-5-3-7-21-10/h2-7H,8H2,1H3,(H,16,18)(H,17,19). The van der Waals surface area contributed by atoms with Crippen molar-refractivity contribution in [3.8, 4) is 0 Å². The van der Waals surface area contributed by atoms with Crippen LogP contribution in [0, 0.1) is 0 Å². The van der Waals surface area contributed by atoms with Gasteiger partial charge in [-0.25, -0.2) is 9.78 Å². The third-order valence-electron chi connectivity index (χ3n) is 2.58. The molecule has 0 fully saturated rings. The third-order valence-corrected chi connectivity index (χ3v) is 3.29. The van der Waals surface area contributed by atoms with Gasteiger partial charge < -0.3 is 9.15 Å². The van der Waals surface area contributed by atoms with Crippen molar-refractivity contribution >= 4 is 29.5 Å². The molecule has 2 heterocycles. The maximum atomic E-state index is 11.9. The van der Waals surface area contributed by atoms with Crippen molar-refractivity contribution < 1.29 is 23.5 Å². The van der Waals surface area contributed by atoms with Gasteiger partial charge in [-0.15, -0.1) is 11.8 Å². The molecule has 2 rings (SSSR count). The molecule has 0 saturated carbocycles. The zero-order valence-electron chi connectivity index (χ0n) is 12.1. The summed E-state index contributed by atoms with van der Waals surface area (Å²) in [6, 6.07) is 6.13. The van der Waals surface area contributed by atoms with Crippen LogP contribution in [0.5, 0.6) is 0 Å². The van der Waals surface area contributed by atoms with Crippen molar-refractivity contribution in [1.29, 1.82) is 0 Å². The van der Waals surface area contributed by atoms with Gasteiger partial charge in [0.2, 0.25) is 0 Å². The number of rotatable bonds is 5. The zero-order chi connectivity index (χ0) is 16.7. The van der Waals surface area contributed by atoms with E-state index < -0.39 is 24.4 Å². The maximum Gasteiger partial charge on any atom is 0.341 e. The van der Waals surface area contributed by atoms with E-state index in [9.17, 15) is 14.4 Å². The summed E-state index contributed by atoms with van der Waals surface area (Å²) in [5.41, 5.74) is 4.51. The second kappa shape index (κ2) is 7.99. The van der Waals surface area contributed by atoms with Gasteiger partial charge in [0.1, 0.15) is 5.03 Å². The fraction of sp³-hybridized carbons (Fsp3) is 0.143. The predicted molar refractivity (Wildman–Crippen MR) is 80.6 cm³/mol. The molecule has 23 heavy (non-hydrogen) atoms. The molecular formula is C14H13N3O5S. The molecule has 2 amide bonds. The van der Waals surface area contributed by atoms with Gasteiger partial charge >= 0.3 is 11.9 Å². The van der Waals surface area contributed by atoms with Crippen molar-refractivity contribution in [3.05, 3.63) is 48.0 Å². The number of aromatic nitrogens is 1. The molecule has 0 aromatic carbocycles. The number of hydrazine groups is 1. The Morgan fingerprint density at radius 1 is 1.26 bits per heavy atom. The first-order valence-corrected chi connectivity index (χ1v) is 7.63. The molecule has 0 spiro atoms. The van der Waals surface area contributed by atoms with Crippen LogP contribution in [0.15, 0.2) is 46.2 Å². The van der Waals surface area contributed by atoms with Crippen LogP contribution in [0.2, 0.25) is 0 Å². The second-order valence-electron chi connectivity index (χ2n) is 4.12. The summed E-state index contributed by atoms with van der Waals surface area (Å²) in [6.07, 6.45) is 4.66. The molecule has 2 aromatic rings. The van der Waals surface area contributed by atoms with Crippen LogP contribution in [-0.4, -0.2) is 35.6 Å². The Morgan fingerprint density at radius 2 is 2.09 bits per heavy atom. The quantitative estimate of drug-likeness (QED) is 0.477. The smallest absolute Gasteiger partial charge is 0.341 e. The van der Waals surface area contributed by atoms with Crippen molar-refractivity contribution in [2.75, 3.05) is 12.9 Å². The van der Waals surface area contributed by atoms with Gasteiger partial charge in [0.25, 0.3) is 5.91 Å². The van der Waals surface area contributed by atoms with Gasteiger partial charge in [0.05, 0.1) is 11.8 Å². The van der Waals surface area contributed by atoms with Gasteiger partial charge in [-0.3, -0.25) is 20.4 Å². The van der Waals surface area contributed by atoms with E-state index in [0.717, 1.165) is 0 Å². The Kier molecular flexibility index (Phi) is 5.75. The Morgan fingerprint density at radius 3 is 2.78 bits per heavy atom. The largest absolute Gasteiger partial charge is 0.459 e. The average Bonchev–Trinajstić information content (AvgIpc) is 3.12. The van der Waals surface area contributed by atoms with E-state index in [-0.39, 0.29) is 11.3 Å². The molecular weight excluding hydrogens is 322 g/mol. The van der Waals surface area contributed by atoms with E-state index in [0.29, 0.717) is 5.03 Å². The van der Waals surface area contributed by atoms with E-state index >= 15 is 0 Å². The van der Waals surface area contributed by atoms with E-state index in [2.05, 4.69) is 15.8 Å². The number of pyridine rings is 1. The normalized spacial score (nSPS) is 9.96. The number of thioether (sulfide) groups is 1. The molecule has 120 valence electrons. The minimum Gasteiger partial charge on any atom is -0.459 e. The van der Waals surface area contributed by atoms with E-state index in [1.807, 2.05) is 0 Å². The molecule has 0 saturated heterocycles. The Hall–Kier alpha value is -2.81. The van der Waals surface area contributed by atoms with Crippen molar-refractivity contribution in [1.82, 2.24) is 15.8 Å². The Labute approximate surface area is 135 Å². The lowest BCUT2D eigenvalue weighted by atomic mass is 10.3. The first kappa shape index (κ1) is 16.6. The van der Waals surface area contributed by atoms with Crippen molar-refractivity contribution in [2.24, 2.45) is 0 Å². The summed E-state index contributed by atoms with van der Waals surface area (Å²) in [7, 11) is 0. The van der Waals surface area contributed by atoms with E-state index in [1.165, 1.54) is 30.2 Å². The number of hydrogen-bond acceptors (Lipinski definition) is 7. The van der Waals surface area contributed by atoms with Crippen molar-refractivity contribution in [3.63, 3.8) is 0 Å². The number of carbonyl (C=O) groups is 3. The van der Waals surface area contributed by atoms with Gasteiger partial charge in [-0.05, 0) is 30.5 Å². The summed E-state index contributed by atoms with van der Waals surface area (Å²) in [5.74, 6) is -1.93. The maximum absolute atomic E-state index is 11.9. The number of esters is 1. The van der Waals surface area contributed by atoms with Crippen LogP contribution < -0.4 is 10.9 Å². The third kappa shape index (κ3) is 4.58. The summed E-state index contributed by atoms with van der Waals surface area (Å²) in [4.78, 5) is 39.0. The van der Waals surface area contributed by atoms with E-state index in [1.54, 1.807) is 24.6 Å². The van der Waals surface area contributed by atoms with Crippen LogP contribution in [0.4, 0.5) is 0 Å². The van der Waals surface area contributed by atoms with Crippen LogP contribution in [0.3, 0.4) is 0 Å². The van der Waals surface area contributed by atoms with Crippen LogP contribution in [0.1, 0.15) is 20.9 Å². The zero-order valence-corrected chi connectivity index (χ0v) is 12.9. The fourth-order valence-corrected chi connectivity index (χ4v) is 2.09. The number of carbonyl (C=O) groups excluding carboxylic acids is 3. The Bertz CT molecular complexity index is 702. The van der Waals surface area contributed by atoms with Gasteiger partial charge in [-0.1, -0.05) is 0 Å². The van der Waals surface area contributed by atoms with Crippen LogP contribution >= 0.6 is 11.8 Å². The highest BCUT2D eigenvalue weighted by Crippen LogP contribution is 2.17. The molecule has 2 aromatic heterocycles. The van der Waals surface area contributed by atoms with Gasteiger partial charge in [0.15, 0.2) is 12.4 Å². The van der Waals surface area contributed by atoms with Crippen molar-refractivity contribution in [2.45, 2.75) is 5.03 Å². The molecule has 8 nitrogen and oxygen atoms in total. The lowest BCUT2D eigenvalue weighted by Crippen LogP contribution is -2.43. The first-order chi connectivity index (χ1) is 11.1. The minimum atomic E-state index is -0.687. The average molecular weight is 335 g/mol. The SMILES string of the molecule is CSc1ncccc1C(=O)OCC(=O)NNC(=O)c1ccco1. The second-order valence-corrected chi connectivity index (χ2v) is 4.91. The highest BCUT2D eigenvalue weighted by atomic mass is 32.2. The summed E-state index contributed by atoms with van der Waals surface area (Å²) in [6.45, 7) is -0.542. The molecule has 0 radical (unpaired) electrons. The minimum absolute atomic E-state index is 0.0438. The highest BCUT2D eigenvalue weighted by molar-refractivity contribution is 7.98. The number of nitrogens with one attached hydrogen (secondary N) is 2. The molecule has 0 unspecified atom stereocenters. The number of furan rings is 1. The number of nitrogens with zero attached hydrogens (tertiary/aromatic N) is 1. The first-order valence-electron chi connectivity index (χ1n) is 6.40. The number of amides is 2. The molecule has 0 aliphatic heterocycles. The van der Waals surface area contributed by atoms with Gasteiger partial charge in [-0.2, -0.15) is 0 Å².